The van der Waals surface area contributed by atoms with Crippen molar-refractivity contribution >= 4 is 17.2 Å². The van der Waals surface area contributed by atoms with Gasteiger partial charge < -0.3 is 5.32 Å². The summed E-state index contributed by atoms with van der Waals surface area (Å²) in [6.07, 6.45) is 4.62. The van der Waals surface area contributed by atoms with Crippen LogP contribution >= 0.6 is 11.3 Å². The normalized spacial score (nSPS) is 16.3. The molecule has 2 unspecified atom stereocenters. The molecule has 162 valence electrons. The second kappa shape index (κ2) is 8.96. The average Bonchev–Trinajstić information content (AvgIpc) is 3.49. The third kappa shape index (κ3) is 4.29. The van der Waals surface area contributed by atoms with Crippen molar-refractivity contribution in [2.75, 3.05) is 0 Å². The maximum atomic E-state index is 13.4. The first kappa shape index (κ1) is 20.4. The van der Waals surface area contributed by atoms with Gasteiger partial charge in [-0.25, -0.2) is 14.1 Å². The van der Waals surface area contributed by atoms with Crippen molar-refractivity contribution in [2.45, 2.75) is 37.8 Å². The largest absolute Gasteiger partial charge is 0.347 e. The van der Waals surface area contributed by atoms with E-state index in [9.17, 15) is 9.18 Å². The van der Waals surface area contributed by atoms with E-state index in [4.69, 9.17) is 4.98 Å². The van der Waals surface area contributed by atoms with Gasteiger partial charge in [0.05, 0.1) is 16.6 Å². The van der Waals surface area contributed by atoms with Crippen molar-refractivity contribution in [2.24, 2.45) is 0 Å². The van der Waals surface area contributed by atoms with Crippen LogP contribution in [0.2, 0.25) is 0 Å². The molecule has 2 atom stereocenters. The fourth-order valence-electron chi connectivity index (χ4n) is 4.00. The summed E-state index contributed by atoms with van der Waals surface area (Å²) in [4.78, 5) is 19.2. The molecule has 0 saturated carbocycles. The van der Waals surface area contributed by atoms with Crippen LogP contribution in [0.4, 0.5) is 4.39 Å². The second-order valence-electron chi connectivity index (χ2n) is 7.79. The number of aromatic nitrogens is 5. The van der Waals surface area contributed by atoms with Crippen LogP contribution in [0.25, 0.3) is 10.6 Å². The van der Waals surface area contributed by atoms with Gasteiger partial charge in [-0.3, -0.25) is 4.79 Å². The minimum absolute atomic E-state index is 0.118. The lowest BCUT2D eigenvalue weighted by Gasteiger charge is -2.25. The lowest BCUT2D eigenvalue weighted by Crippen LogP contribution is -2.37. The second-order valence-corrected chi connectivity index (χ2v) is 8.82. The fourth-order valence-corrected chi connectivity index (χ4v) is 5.20. The standard InChI is InChI=1S/C23H21FN6OS/c24-17-11-9-16(10-12-17)23-27-19-8-4-7-18(21(19)32-23)26-22(31)20(30-14-25-28-29-30)13-15-5-2-1-3-6-15/h1-3,5-6,9-12,14,18,20H,4,7-8,13H2,(H,26,31). The molecule has 32 heavy (non-hydrogen) atoms. The number of fused-ring (bicyclic) bond motifs is 1. The Balaban J connectivity index is 1.38. The van der Waals surface area contributed by atoms with Gasteiger partial charge in [-0.2, -0.15) is 0 Å². The molecule has 5 rings (SSSR count). The number of amides is 1. The van der Waals surface area contributed by atoms with Crippen molar-refractivity contribution < 1.29 is 9.18 Å². The van der Waals surface area contributed by atoms with Crippen molar-refractivity contribution in [3.63, 3.8) is 0 Å². The summed E-state index contributed by atoms with van der Waals surface area (Å²) in [5.74, 6) is -0.400. The first-order chi connectivity index (χ1) is 15.7. The summed E-state index contributed by atoms with van der Waals surface area (Å²) in [6, 6.07) is 15.5. The molecule has 1 aliphatic carbocycles. The number of hydrogen-bond acceptors (Lipinski definition) is 6. The molecule has 9 heteroatoms. The lowest BCUT2D eigenvalue weighted by atomic mass is 9.97. The predicted molar refractivity (Wildman–Crippen MR) is 118 cm³/mol. The van der Waals surface area contributed by atoms with E-state index in [-0.39, 0.29) is 17.8 Å². The Morgan fingerprint density at radius 3 is 2.75 bits per heavy atom. The smallest absolute Gasteiger partial charge is 0.245 e. The maximum Gasteiger partial charge on any atom is 0.245 e. The highest BCUT2D eigenvalue weighted by molar-refractivity contribution is 7.15. The SMILES string of the molecule is O=C(NC1CCCc2nc(-c3ccc(F)cc3)sc21)C(Cc1ccccc1)n1cnnn1. The van der Waals surface area contributed by atoms with Crippen molar-refractivity contribution in [3.05, 3.63) is 82.9 Å². The number of nitrogens with zero attached hydrogens (tertiary/aromatic N) is 5. The molecule has 7 nitrogen and oxygen atoms in total. The molecule has 1 amide bonds. The average molecular weight is 449 g/mol. The van der Waals surface area contributed by atoms with Crippen LogP contribution in [-0.4, -0.2) is 31.1 Å². The Kier molecular flexibility index (Phi) is 5.72. The minimum Gasteiger partial charge on any atom is -0.347 e. The molecule has 0 aliphatic heterocycles. The van der Waals surface area contributed by atoms with Gasteiger partial charge in [0.15, 0.2) is 0 Å². The first-order valence-corrected chi connectivity index (χ1v) is 11.3. The van der Waals surface area contributed by atoms with Crippen molar-refractivity contribution in [1.29, 1.82) is 0 Å². The van der Waals surface area contributed by atoms with E-state index >= 15 is 0 Å². The van der Waals surface area contributed by atoms with Gasteiger partial charge >= 0.3 is 0 Å². The summed E-state index contributed by atoms with van der Waals surface area (Å²) >= 11 is 1.56. The number of aryl methyl sites for hydroxylation is 1. The molecule has 2 aromatic heterocycles. The Morgan fingerprint density at radius 2 is 2.00 bits per heavy atom. The Morgan fingerprint density at radius 1 is 1.19 bits per heavy atom. The number of nitrogens with one attached hydrogen (secondary N) is 1. The number of tetrazole rings is 1. The van der Waals surface area contributed by atoms with E-state index in [1.54, 1.807) is 23.5 Å². The molecule has 0 radical (unpaired) electrons. The number of rotatable bonds is 6. The van der Waals surface area contributed by atoms with E-state index in [0.29, 0.717) is 6.42 Å². The molecule has 0 fully saturated rings. The van der Waals surface area contributed by atoms with Gasteiger partial charge in [0.25, 0.3) is 0 Å². The number of halogens is 1. The molecule has 1 aliphatic rings. The zero-order valence-corrected chi connectivity index (χ0v) is 18.0. The predicted octanol–water partition coefficient (Wildman–Crippen LogP) is 3.91. The first-order valence-electron chi connectivity index (χ1n) is 10.5. The minimum atomic E-state index is -0.553. The highest BCUT2D eigenvalue weighted by Gasteiger charge is 2.30. The van der Waals surface area contributed by atoms with Crippen LogP contribution in [0.3, 0.4) is 0 Å². The van der Waals surface area contributed by atoms with E-state index in [2.05, 4.69) is 20.8 Å². The summed E-state index contributed by atoms with van der Waals surface area (Å²) in [7, 11) is 0. The van der Waals surface area contributed by atoms with Gasteiger partial charge in [-0.05, 0) is 59.5 Å². The van der Waals surface area contributed by atoms with Gasteiger partial charge in [-0.1, -0.05) is 30.3 Å². The van der Waals surface area contributed by atoms with Crippen molar-refractivity contribution in [3.8, 4) is 10.6 Å². The van der Waals surface area contributed by atoms with E-state index in [1.165, 1.54) is 23.1 Å². The Hall–Kier alpha value is -3.46. The van der Waals surface area contributed by atoms with Gasteiger partial charge in [0.2, 0.25) is 5.91 Å². The summed E-state index contributed by atoms with van der Waals surface area (Å²) < 4.78 is 14.8. The third-order valence-electron chi connectivity index (χ3n) is 5.62. The fraction of sp³-hybridized carbons (Fsp3) is 0.261. The van der Waals surface area contributed by atoms with Crippen LogP contribution in [0.5, 0.6) is 0 Å². The molecule has 2 heterocycles. The zero-order valence-electron chi connectivity index (χ0n) is 17.2. The summed E-state index contributed by atoms with van der Waals surface area (Å²) in [5.41, 5.74) is 2.92. The van der Waals surface area contributed by atoms with Crippen molar-refractivity contribution in [1.82, 2.24) is 30.5 Å². The lowest BCUT2D eigenvalue weighted by molar-refractivity contribution is -0.125. The monoisotopic (exact) mass is 448 g/mol. The van der Waals surface area contributed by atoms with Crippen LogP contribution in [0.1, 0.15) is 41.1 Å². The van der Waals surface area contributed by atoms with Gasteiger partial charge in [0, 0.05) is 12.0 Å². The third-order valence-corrected chi connectivity index (χ3v) is 6.88. The van der Waals surface area contributed by atoms with Crippen LogP contribution in [-0.2, 0) is 17.6 Å². The van der Waals surface area contributed by atoms with Crippen LogP contribution in [0, 0.1) is 5.82 Å². The number of carbonyl (C=O) groups is 1. The summed E-state index contributed by atoms with van der Waals surface area (Å²) in [6.45, 7) is 0. The number of carbonyl (C=O) groups excluding carboxylic acids is 1. The molecule has 0 saturated heterocycles. The Bertz CT molecular complexity index is 1190. The number of benzene rings is 2. The van der Waals surface area contributed by atoms with Crippen LogP contribution in [0.15, 0.2) is 60.9 Å². The molecule has 4 aromatic rings. The molecule has 0 bridgehead atoms. The molecule has 2 aromatic carbocycles. The van der Waals surface area contributed by atoms with E-state index in [1.807, 2.05) is 30.3 Å². The van der Waals surface area contributed by atoms with E-state index < -0.39 is 6.04 Å². The highest BCUT2D eigenvalue weighted by Crippen LogP contribution is 2.38. The van der Waals surface area contributed by atoms with Gasteiger partial charge in [0.1, 0.15) is 23.2 Å². The zero-order chi connectivity index (χ0) is 21.9. The molecular formula is C23H21FN6OS. The maximum absolute atomic E-state index is 13.4. The Labute approximate surface area is 188 Å². The number of thiazole rings is 1. The van der Waals surface area contributed by atoms with Gasteiger partial charge in [-0.15, -0.1) is 16.4 Å². The quantitative estimate of drug-likeness (QED) is 0.483. The molecular weight excluding hydrogens is 427 g/mol. The van der Waals surface area contributed by atoms with Crippen LogP contribution < -0.4 is 5.32 Å². The molecule has 1 N–H and O–H groups in total. The summed E-state index contributed by atoms with van der Waals surface area (Å²) in [5, 5.41) is 15.5. The molecule has 0 spiro atoms. The van der Waals surface area contributed by atoms with E-state index in [0.717, 1.165) is 46.0 Å². The topological polar surface area (TPSA) is 85.6 Å². The number of hydrogen-bond donors (Lipinski definition) is 1. The highest BCUT2D eigenvalue weighted by atomic mass is 32.1.